The molecular formula is C17H26N4O2. The Bertz CT molecular complexity index is 689. The van der Waals surface area contributed by atoms with Gasteiger partial charge in [-0.15, -0.1) is 0 Å². The molecule has 0 spiro atoms. The van der Waals surface area contributed by atoms with Crippen LogP contribution >= 0.6 is 0 Å². The van der Waals surface area contributed by atoms with Crippen LogP contribution in [0.25, 0.3) is 10.9 Å². The third-order valence-corrected chi connectivity index (χ3v) is 4.16. The van der Waals surface area contributed by atoms with E-state index in [0.29, 0.717) is 11.7 Å². The maximum atomic E-state index is 12.0. The van der Waals surface area contributed by atoms with E-state index in [-0.39, 0.29) is 18.5 Å². The second kappa shape index (κ2) is 6.58. The number of aromatic nitrogens is 2. The first-order valence-corrected chi connectivity index (χ1v) is 7.95. The van der Waals surface area contributed by atoms with Gasteiger partial charge in [0, 0.05) is 29.9 Å². The van der Waals surface area contributed by atoms with Gasteiger partial charge in [-0.05, 0) is 44.9 Å². The minimum atomic E-state index is -0.931. The van der Waals surface area contributed by atoms with E-state index in [9.17, 15) is 9.90 Å². The van der Waals surface area contributed by atoms with Crippen LogP contribution in [0, 0.1) is 5.92 Å². The van der Waals surface area contributed by atoms with Crippen molar-refractivity contribution in [2.45, 2.75) is 46.3 Å². The average molecular weight is 318 g/mol. The van der Waals surface area contributed by atoms with Crippen LogP contribution in [-0.4, -0.2) is 33.1 Å². The predicted octanol–water partition coefficient (Wildman–Crippen LogP) is 3.15. The van der Waals surface area contributed by atoms with Crippen molar-refractivity contribution in [2.24, 2.45) is 5.92 Å². The molecule has 6 nitrogen and oxygen atoms in total. The molecule has 0 aliphatic heterocycles. The number of urea groups is 1. The molecule has 1 unspecified atom stereocenters. The maximum Gasteiger partial charge on any atom is 0.319 e. The molecular weight excluding hydrogens is 292 g/mol. The molecule has 0 bridgehead atoms. The largest absolute Gasteiger partial charge is 0.388 e. The van der Waals surface area contributed by atoms with E-state index < -0.39 is 5.60 Å². The van der Waals surface area contributed by atoms with Crippen molar-refractivity contribution >= 4 is 22.6 Å². The molecule has 0 saturated carbocycles. The maximum absolute atomic E-state index is 12.0. The summed E-state index contributed by atoms with van der Waals surface area (Å²) in [6.45, 7) is 9.88. The summed E-state index contributed by atoms with van der Waals surface area (Å²) in [5.41, 5.74) is 0.662. The summed E-state index contributed by atoms with van der Waals surface area (Å²) in [6, 6.07) is 5.55. The van der Waals surface area contributed by atoms with E-state index in [0.717, 1.165) is 10.9 Å². The van der Waals surface area contributed by atoms with Crippen molar-refractivity contribution in [3.05, 3.63) is 24.4 Å². The third kappa shape index (κ3) is 4.22. The number of hydrogen-bond donors (Lipinski definition) is 3. The smallest absolute Gasteiger partial charge is 0.319 e. The highest BCUT2D eigenvalue weighted by Gasteiger charge is 2.25. The topological polar surface area (TPSA) is 79.2 Å². The van der Waals surface area contributed by atoms with Crippen molar-refractivity contribution in [1.29, 1.82) is 0 Å². The van der Waals surface area contributed by atoms with E-state index in [1.54, 1.807) is 6.92 Å². The zero-order chi connectivity index (χ0) is 17.2. The summed E-state index contributed by atoms with van der Waals surface area (Å²) in [5, 5.41) is 21.1. The molecule has 1 aromatic heterocycles. The van der Waals surface area contributed by atoms with Gasteiger partial charge in [-0.2, -0.15) is 5.10 Å². The number of nitrogens with one attached hydrogen (secondary N) is 2. The van der Waals surface area contributed by atoms with Crippen molar-refractivity contribution < 1.29 is 9.90 Å². The normalized spacial score (nSPS) is 14.3. The lowest BCUT2D eigenvalue weighted by atomic mass is 9.93. The highest BCUT2D eigenvalue weighted by Crippen LogP contribution is 2.20. The Hall–Kier alpha value is -2.08. The summed E-state index contributed by atoms with van der Waals surface area (Å²) in [7, 11) is 0. The molecule has 6 heteroatoms. The fourth-order valence-electron chi connectivity index (χ4n) is 2.03. The number of rotatable bonds is 5. The van der Waals surface area contributed by atoms with E-state index in [4.69, 9.17) is 0 Å². The first-order chi connectivity index (χ1) is 10.7. The Morgan fingerprint density at radius 3 is 2.65 bits per heavy atom. The fraction of sp³-hybridized carbons (Fsp3) is 0.529. The molecule has 0 saturated heterocycles. The van der Waals surface area contributed by atoms with E-state index >= 15 is 0 Å². The lowest BCUT2D eigenvalue weighted by Crippen LogP contribution is -2.45. The minimum absolute atomic E-state index is 0.0565. The lowest BCUT2D eigenvalue weighted by molar-refractivity contribution is 0.0170. The van der Waals surface area contributed by atoms with Crippen LogP contribution in [0.5, 0.6) is 0 Å². The third-order valence-electron chi connectivity index (χ3n) is 4.16. The molecule has 23 heavy (non-hydrogen) atoms. The number of nitrogens with zero attached hydrogens (tertiary/aromatic N) is 2. The molecule has 0 fully saturated rings. The zero-order valence-electron chi connectivity index (χ0n) is 14.4. The van der Waals surface area contributed by atoms with Crippen LogP contribution < -0.4 is 10.6 Å². The molecule has 0 aliphatic rings. The Morgan fingerprint density at radius 1 is 1.35 bits per heavy atom. The molecule has 1 atom stereocenters. The van der Waals surface area contributed by atoms with Crippen LogP contribution in [-0.2, 0) is 0 Å². The Morgan fingerprint density at radius 2 is 2.04 bits per heavy atom. The molecule has 2 amide bonds. The van der Waals surface area contributed by atoms with Gasteiger partial charge in [-0.25, -0.2) is 4.79 Å². The van der Waals surface area contributed by atoms with Gasteiger partial charge < -0.3 is 15.7 Å². The molecule has 1 heterocycles. The monoisotopic (exact) mass is 318 g/mol. The highest BCUT2D eigenvalue weighted by atomic mass is 16.3. The van der Waals surface area contributed by atoms with E-state index in [1.807, 2.05) is 42.9 Å². The number of aliphatic hydroxyl groups is 1. The van der Waals surface area contributed by atoms with Gasteiger partial charge in [0.25, 0.3) is 0 Å². The Balaban J connectivity index is 2.02. The predicted molar refractivity (Wildman–Crippen MR) is 92.6 cm³/mol. The number of hydrogen-bond acceptors (Lipinski definition) is 3. The van der Waals surface area contributed by atoms with Crippen LogP contribution in [0.1, 0.15) is 40.7 Å². The van der Waals surface area contributed by atoms with Crippen molar-refractivity contribution in [3.63, 3.8) is 0 Å². The minimum Gasteiger partial charge on any atom is -0.388 e. The van der Waals surface area contributed by atoms with Gasteiger partial charge in [0.15, 0.2) is 0 Å². The summed E-state index contributed by atoms with van der Waals surface area (Å²) >= 11 is 0. The number of anilines is 1. The number of carbonyl (C=O) groups excluding carboxylic acids is 1. The van der Waals surface area contributed by atoms with Gasteiger partial charge in [0.1, 0.15) is 0 Å². The Labute approximate surface area is 136 Å². The standard InChI is InChI=1S/C17H26N4O2/c1-11(2)17(5,23)10-18-16(22)19-14-6-7-15-13(8-14)9-21(20-15)12(3)4/h6-9,11-12,23H,10H2,1-5H3,(H2,18,19,22). The van der Waals surface area contributed by atoms with Crippen molar-refractivity contribution in [1.82, 2.24) is 15.1 Å². The molecule has 1 aromatic carbocycles. The highest BCUT2D eigenvalue weighted by molar-refractivity contribution is 5.92. The molecule has 0 aliphatic carbocycles. The number of carbonyl (C=O) groups is 1. The van der Waals surface area contributed by atoms with Crippen LogP contribution in [0.2, 0.25) is 0 Å². The van der Waals surface area contributed by atoms with Crippen molar-refractivity contribution in [3.8, 4) is 0 Å². The van der Waals surface area contributed by atoms with E-state index in [1.165, 1.54) is 0 Å². The average Bonchev–Trinajstić information content (AvgIpc) is 2.88. The summed E-state index contributed by atoms with van der Waals surface area (Å²) < 4.78 is 1.90. The summed E-state index contributed by atoms with van der Waals surface area (Å²) in [4.78, 5) is 12.0. The molecule has 0 radical (unpaired) electrons. The molecule has 2 rings (SSSR count). The van der Waals surface area contributed by atoms with Crippen molar-refractivity contribution in [2.75, 3.05) is 11.9 Å². The zero-order valence-corrected chi connectivity index (χ0v) is 14.4. The van der Waals surface area contributed by atoms with Gasteiger partial charge in [-0.1, -0.05) is 13.8 Å². The number of benzene rings is 1. The molecule has 126 valence electrons. The second-order valence-electron chi connectivity index (χ2n) is 6.80. The van der Waals surface area contributed by atoms with E-state index in [2.05, 4.69) is 29.6 Å². The van der Waals surface area contributed by atoms with Crippen LogP contribution in [0.3, 0.4) is 0 Å². The number of fused-ring (bicyclic) bond motifs is 1. The van der Waals surface area contributed by atoms with Gasteiger partial charge in [-0.3, -0.25) is 4.68 Å². The first-order valence-electron chi connectivity index (χ1n) is 7.95. The van der Waals surface area contributed by atoms with Gasteiger partial charge in [0.2, 0.25) is 0 Å². The summed E-state index contributed by atoms with van der Waals surface area (Å²) in [6.07, 6.45) is 1.96. The fourth-order valence-corrected chi connectivity index (χ4v) is 2.03. The second-order valence-corrected chi connectivity index (χ2v) is 6.80. The molecule has 3 N–H and O–H groups in total. The van der Waals surface area contributed by atoms with Gasteiger partial charge >= 0.3 is 6.03 Å². The Kier molecular flexibility index (Phi) is 4.94. The first kappa shape index (κ1) is 17.3. The van der Waals surface area contributed by atoms with Crippen LogP contribution in [0.15, 0.2) is 24.4 Å². The van der Waals surface area contributed by atoms with Crippen LogP contribution in [0.4, 0.5) is 10.5 Å². The summed E-state index contributed by atoms with van der Waals surface area (Å²) in [5.74, 6) is 0.0565. The quantitative estimate of drug-likeness (QED) is 0.792. The lowest BCUT2D eigenvalue weighted by Gasteiger charge is -2.27. The molecule has 2 aromatic rings. The SMILES string of the molecule is CC(C)n1cc2cc(NC(=O)NCC(C)(O)C(C)C)ccc2n1. The van der Waals surface area contributed by atoms with Gasteiger partial charge in [0.05, 0.1) is 11.1 Å². The number of amides is 2.